The van der Waals surface area contributed by atoms with Crippen LogP contribution in [0.25, 0.3) is 0 Å². The average Bonchev–Trinajstić information content (AvgIpc) is 2.69. The Bertz CT molecular complexity index is 916. The van der Waals surface area contributed by atoms with Gasteiger partial charge in [0.25, 0.3) is 0 Å². The maximum atomic E-state index is 8.49. The molecule has 2 atom stereocenters. The number of nitrogens with zero attached hydrogens (tertiary/aromatic N) is 1. The van der Waals surface area contributed by atoms with E-state index in [0.29, 0.717) is 13.2 Å². The van der Waals surface area contributed by atoms with E-state index in [1.165, 1.54) is 11.1 Å². The van der Waals surface area contributed by atoms with Crippen molar-refractivity contribution >= 4 is 0 Å². The summed E-state index contributed by atoms with van der Waals surface area (Å²) in [6, 6.07) is 12.9. The molecule has 2 bridgehead atoms. The van der Waals surface area contributed by atoms with Crippen molar-refractivity contribution in [3.05, 3.63) is 59.4 Å². The molecule has 0 radical (unpaired) electrons. The van der Waals surface area contributed by atoms with Crippen LogP contribution < -0.4 is 27.9 Å². The summed E-state index contributed by atoms with van der Waals surface area (Å²) in [6.07, 6.45) is 2.16. The molecule has 0 saturated heterocycles. The van der Waals surface area contributed by atoms with E-state index in [2.05, 4.69) is 54.9 Å². The quantitative estimate of drug-likeness (QED) is 0.423. The zero-order valence-electron chi connectivity index (χ0n) is 18.3. The first-order valence-electron chi connectivity index (χ1n) is 10.1. The van der Waals surface area contributed by atoms with Crippen LogP contribution in [0.2, 0.25) is 0 Å². The minimum absolute atomic E-state index is 0.0465. The van der Waals surface area contributed by atoms with Crippen LogP contribution in [0, 0.1) is 15.7 Å². The molecule has 0 N–H and O–H groups in total. The van der Waals surface area contributed by atoms with E-state index in [1.54, 1.807) is 7.11 Å². The summed E-state index contributed by atoms with van der Waals surface area (Å²) in [5.74, 6) is 0.107. The smallest absolute Gasteiger partial charge is 0.237 e. The number of halogens is 1. The van der Waals surface area contributed by atoms with Crippen molar-refractivity contribution in [1.82, 2.24) is 0 Å². The van der Waals surface area contributed by atoms with Gasteiger partial charge >= 0.3 is 0 Å². The van der Waals surface area contributed by atoms with E-state index in [1.807, 2.05) is 19.9 Å². The van der Waals surface area contributed by atoms with Gasteiger partial charge in [0, 0.05) is 24.8 Å². The molecular weight excluding hydrogens is 426 g/mol. The van der Waals surface area contributed by atoms with Crippen LogP contribution in [0.1, 0.15) is 56.5 Å². The van der Waals surface area contributed by atoms with Crippen molar-refractivity contribution in [2.24, 2.45) is 5.41 Å². The summed E-state index contributed by atoms with van der Waals surface area (Å²) < 4.78 is 55.1. The molecule has 0 fully saturated rings. The van der Waals surface area contributed by atoms with E-state index in [-0.39, 0.29) is 17.4 Å². The monoisotopic (exact) mass is 453 g/mol. The van der Waals surface area contributed by atoms with Crippen molar-refractivity contribution in [1.29, 1.82) is 0 Å². The van der Waals surface area contributed by atoms with Gasteiger partial charge in [-0.05, 0) is 39.3 Å². The largest absolute Gasteiger partial charge is 0.491 e. The Kier molecular flexibility index (Phi) is 6.65. The molecule has 31 heavy (non-hydrogen) atoms. The maximum absolute atomic E-state index is 8.49. The summed E-state index contributed by atoms with van der Waals surface area (Å²) in [5.41, 5.74) is 3.52. The fourth-order valence-corrected chi connectivity index (χ4v) is 5.22. The molecule has 3 heterocycles. The fraction of sp³-hybridized carbons (Fsp3) is 0.500. The highest BCUT2D eigenvalue weighted by molar-refractivity contribution is 5.49. The maximum Gasteiger partial charge on any atom is 0.237 e. The molecule has 170 valence electrons. The van der Waals surface area contributed by atoms with Crippen LogP contribution >= 0.6 is 0 Å². The molecule has 8 nitrogen and oxygen atoms in total. The Balaban J connectivity index is 0.000000491. The van der Waals surface area contributed by atoms with Crippen molar-refractivity contribution in [3.8, 4) is 5.75 Å². The first kappa shape index (κ1) is 23.9. The predicted octanol–water partition coefficient (Wildman–Crippen LogP) is -0.929. The third-order valence-corrected chi connectivity index (χ3v) is 6.08. The summed E-state index contributed by atoms with van der Waals surface area (Å²) in [6.45, 7) is 9.82. The van der Waals surface area contributed by atoms with Crippen LogP contribution in [-0.4, -0.2) is 26.1 Å². The molecule has 0 unspecified atom stereocenters. The Morgan fingerprint density at radius 2 is 1.48 bits per heavy atom. The van der Waals surface area contributed by atoms with Gasteiger partial charge in [0.1, 0.15) is 5.92 Å². The molecule has 2 aliphatic heterocycles. The van der Waals surface area contributed by atoms with Gasteiger partial charge in [0.15, 0.2) is 23.8 Å². The summed E-state index contributed by atoms with van der Waals surface area (Å²) in [7, 11) is -3.21. The molecule has 0 saturated carbocycles. The summed E-state index contributed by atoms with van der Waals surface area (Å²) in [4.78, 5) is 0. The van der Waals surface area contributed by atoms with Crippen molar-refractivity contribution in [2.45, 2.75) is 45.4 Å². The molecule has 2 aromatic rings. The number of hydrogen-bond acceptors (Lipinski definition) is 7. The lowest BCUT2D eigenvalue weighted by Crippen LogP contribution is -2.71. The summed E-state index contributed by atoms with van der Waals surface area (Å²) in [5, 5.41) is 0. The molecule has 1 aromatic carbocycles. The van der Waals surface area contributed by atoms with E-state index in [4.69, 9.17) is 32.8 Å². The molecule has 0 amide bonds. The van der Waals surface area contributed by atoms with Gasteiger partial charge in [-0.3, -0.25) is 0 Å². The number of aromatic nitrogens is 1. The van der Waals surface area contributed by atoms with Gasteiger partial charge in [-0.1, -0.05) is 24.3 Å². The minimum atomic E-state index is -4.94. The standard InChI is InChI=1S/C22H28NO3.ClHO4/c1-6-25-22(26-7-2)18-15-11-8-9-12-16(15)20(21(22,3)4)23-14-10-13-17(24-5)19(18)23;2-1(3,4)5/h8-14,18,20H,6-7H2,1-5H3;(H,2,3,4,5)/q+1;/p-1/t18-,20-;/m0./s1. The predicted molar refractivity (Wildman–Crippen MR) is 99.4 cm³/mol. The number of rotatable bonds is 5. The van der Waals surface area contributed by atoms with E-state index >= 15 is 0 Å². The van der Waals surface area contributed by atoms with Gasteiger partial charge in [0.2, 0.25) is 5.69 Å². The number of pyridine rings is 1. The molecule has 1 aromatic heterocycles. The fourth-order valence-electron chi connectivity index (χ4n) is 5.22. The lowest BCUT2D eigenvalue weighted by molar-refractivity contribution is -2.00. The van der Waals surface area contributed by atoms with Crippen LogP contribution in [-0.2, 0) is 9.47 Å². The molecule has 5 rings (SSSR count). The van der Waals surface area contributed by atoms with Crippen molar-refractivity contribution in [2.75, 3.05) is 20.3 Å². The number of fused-ring (bicyclic) bond motifs is 1. The lowest BCUT2D eigenvalue weighted by Gasteiger charge is -2.57. The molecule has 3 aliphatic rings. The molecule has 9 heteroatoms. The van der Waals surface area contributed by atoms with Crippen molar-refractivity contribution in [3.63, 3.8) is 0 Å². The average molecular weight is 454 g/mol. The zero-order chi connectivity index (χ0) is 23.0. The highest BCUT2D eigenvalue weighted by atomic mass is 35.7. The molecule has 1 aliphatic carbocycles. The number of benzene rings is 1. The van der Waals surface area contributed by atoms with Crippen LogP contribution in [0.15, 0.2) is 42.6 Å². The third kappa shape index (κ3) is 3.93. The highest BCUT2D eigenvalue weighted by Gasteiger charge is 2.71. The Morgan fingerprint density at radius 1 is 0.935 bits per heavy atom. The van der Waals surface area contributed by atoms with E-state index < -0.39 is 16.0 Å². The number of ether oxygens (including phenoxy) is 3. The number of hydrogen-bond donors (Lipinski definition) is 0. The highest BCUT2D eigenvalue weighted by Crippen LogP contribution is 2.62. The second kappa shape index (κ2) is 8.63. The Morgan fingerprint density at radius 3 is 2.00 bits per heavy atom. The van der Waals surface area contributed by atoms with Gasteiger partial charge in [-0.15, -0.1) is 10.2 Å². The van der Waals surface area contributed by atoms with Crippen LogP contribution in [0.3, 0.4) is 0 Å². The normalized spacial score (nSPS) is 22.1. The second-order valence-corrected chi connectivity index (χ2v) is 8.72. The Hall–Kier alpha value is -1.78. The third-order valence-electron chi connectivity index (χ3n) is 6.08. The Labute approximate surface area is 184 Å². The molecule has 0 spiro atoms. The van der Waals surface area contributed by atoms with E-state index in [9.17, 15) is 0 Å². The van der Waals surface area contributed by atoms with Gasteiger partial charge in [-0.2, -0.15) is 4.57 Å². The van der Waals surface area contributed by atoms with Crippen LogP contribution in [0.5, 0.6) is 5.75 Å². The van der Waals surface area contributed by atoms with Crippen molar-refractivity contribution < 1.29 is 47.7 Å². The minimum Gasteiger partial charge on any atom is -0.491 e. The van der Waals surface area contributed by atoms with Gasteiger partial charge in [-0.25, -0.2) is 18.6 Å². The van der Waals surface area contributed by atoms with Crippen LogP contribution in [0.4, 0.5) is 0 Å². The number of methoxy groups -OCH3 is 1. The van der Waals surface area contributed by atoms with Gasteiger partial charge in [0.05, 0.1) is 12.5 Å². The summed E-state index contributed by atoms with van der Waals surface area (Å²) >= 11 is 0. The van der Waals surface area contributed by atoms with E-state index in [0.717, 1.165) is 11.4 Å². The SMILES string of the molecule is CCOC1(OCC)[C@H]2c3ccccc3[C@H]([n+]3cccc(OC)c32)C1(C)C.[O-][Cl+3]([O-])([O-])[O-]. The first-order chi connectivity index (χ1) is 14.5. The second-order valence-electron chi connectivity index (χ2n) is 7.97. The van der Waals surface area contributed by atoms with Gasteiger partial charge < -0.3 is 14.2 Å². The first-order valence-corrected chi connectivity index (χ1v) is 11.3. The zero-order valence-corrected chi connectivity index (χ0v) is 19.0. The lowest BCUT2D eigenvalue weighted by atomic mass is 9.57. The topological polar surface area (TPSA) is 124 Å². The molecular formula is C22H28ClNO7.